The van der Waals surface area contributed by atoms with Crippen molar-refractivity contribution in [2.75, 3.05) is 10.6 Å². The lowest BCUT2D eigenvalue weighted by Gasteiger charge is -2.14. The van der Waals surface area contributed by atoms with Crippen molar-refractivity contribution in [3.8, 4) is 5.75 Å². The van der Waals surface area contributed by atoms with Crippen molar-refractivity contribution in [1.82, 2.24) is 0 Å². The third-order valence-corrected chi connectivity index (χ3v) is 6.10. The van der Waals surface area contributed by atoms with Gasteiger partial charge in [-0.1, -0.05) is 6.07 Å². The van der Waals surface area contributed by atoms with Gasteiger partial charge >= 0.3 is 17.9 Å². The molecule has 0 saturated heterocycles. The lowest BCUT2D eigenvalue weighted by Crippen LogP contribution is -2.22. The molecule has 1 unspecified atom stereocenters. The monoisotopic (exact) mass is 524 g/mol. The van der Waals surface area contributed by atoms with Crippen LogP contribution in [0.25, 0.3) is 0 Å². The number of carbonyl (C=O) groups is 5. The zero-order chi connectivity index (χ0) is 27.3. The van der Waals surface area contributed by atoms with Crippen LogP contribution in [-0.2, 0) is 4.79 Å². The third kappa shape index (κ3) is 6.64. The van der Waals surface area contributed by atoms with E-state index in [-0.39, 0.29) is 22.4 Å². The van der Waals surface area contributed by atoms with Gasteiger partial charge in [-0.05, 0) is 61.5 Å². The predicted octanol–water partition coefficient (Wildman–Crippen LogP) is 3.86. The first-order chi connectivity index (χ1) is 17.5. The summed E-state index contributed by atoms with van der Waals surface area (Å²) in [7, 11) is 0. The summed E-state index contributed by atoms with van der Waals surface area (Å²) in [4.78, 5) is 59.7. The van der Waals surface area contributed by atoms with Crippen LogP contribution in [0.1, 0.15) is 48.4 Å². The van der Waals surface area contributed by atoms with Gasteiger partial charge in [0.05, 0.1) is 21.9 Å². The minimum atomic E-state index is -1.46. The lowest BCUT2D eigenvalue weighted by molar-refractivity contribution is -0.115. The number of carboxylic acid groups (broad SMARTS) is 3. The van der Waals surface area contributed by atoms with Crippen LogP contribution in [0.5, 0.6) is 5.75 Å². The Morgan fingerprint density at radius 1 is 0.730 bits per heavy atom. The number of aromatic carboxylic acids is 3. The number of carbonyl (C=O) groups excluding carboxylic acids is 2. The Labute approximate surface area is 213 Å². The highest BCUT2D eigenvalue weighted by Gasteiger charge is 2.20. The molecule has 12 heteroatoms. The van der Waals surface area contributed by atoms with Gasteiger partial charge in [0.2, 0.25) is 5.91 Å². The Balaban J connectivity index is 1.71. The summed E-state index contributed by atoms with van der Waals surface area (Å²) in [5, 5.41) is 41.7. The summed E-state index contributed by atoms with van der Waals surface area (Å²) in [6.45, 7) is 1.62. The van der Waals surface area contributed by atoms with E-state index >= 15 is 0 Å². The Morgan fingerprint density at radius 3 is 2.05 bits per heavy atom. The molecule has 0 spiro atoms. The van der Waals surface area contributed by atoms with Gasteiger partial charge in [0.15, 0.2) is 0 Å². The summed E-state index contributed by atoms with van der Waals surface area (Å²) in [5.74, 6) is -5.76. The molecule has 3 rings (SSSR count). The normalized spacial score (nSPS) is 11.3. The zero-order valence-corrected chi connectivity index (χ0v) is 19.9. The summed E-state index contributed by atoms with van der Waals surface area (Å²) < 4.78 is 0. The fraction of sp³-hybridized carbons (Fsp3) is 0.0800. The Bertz CT molecular complexity index is 1420. The van der Waals surface area contributed by atoms with Crippen molar-refractivity contribution in [2.24, 2.45) is 0 Å². The van der Waals surface area contributed by atoms with Crippen molar-refractivity contribution in [3.05, 3.63) is 82.9 Å². The van der Waals surface area contributed by atoms with Crippen molar-refractivity contribution in [1.29, 1.82) is 0 Å². The molecule has 0 bridgehead atoms. The number of benzene rings is 3. The number of rotatable bonds is 9. The fourth-order valence-corrected chi connectivity index (χ4v) is 4.11. The number of hydrogen-bond donors (Lipinski definition) is 6. The Morgan fingerprint density at radius 2 is 1.41 bits per heavy atom. The molecule has 0 aromatic heterocycles. The molecule has 37 heavy (non-hydrogen) atoms. The molecule has 1 atom stereocenters. The average molecular weight is 525 g/mol. The van der Waals surface area contributed by atoms with Crippen LogP contribution in [0.3, 0.4) is 0 Å². The van der Waals surface area contributed by atoms with E-state index in [0.717, 1.165) is 42.1 Å². The van der Waals surface area contributed by atoms with Gasteiger partial charge in [0.1, 0.15) is 11.3 Å². The number of amides is 2. The van der Waals surface area contributed by atoms with E-state index in [0.29, 0.717) is 10.6 Å². The van der Waals surface area contributed by atoms with Crippen LogP contribution >= 0.6 is 11.8 Å². The van der Waals surface area contributed by atoms with E-state index in [2.05, 4.69) is 10.6 Å². The zero-order valence-electron chi connectivity index (χ0n) is 19.1. The number of aromatic hydroxyl groups is 1. The molecule has 0 aliphatic rings. The molecule has 190 valence electrons. The number of anilines is 2. The number of hydrogen-bond acceptors (Lipinski definition) is 7. The van der Waals surface area contributed by atoms with Gasteiger partial charge in [-0.15, -0.1) is 11.8 Å². The molecule has 11 nitrogen and oxygen atoms in total. The van der Waals surface area contributed by atoms with Gasteiger partial charge in [0.25, 0.3) is 5.91 Å². The number of thioether (sulfide) groups is 1. The van der Waals surface area contributed by atoms with Gasteiger partial charge in [-0.2, -0.15) is 0 Å². The van der Waals surface area contributed by atoms with Gasteiger partial charge in [-0.3, -0.25) is 9.59 Å². The number of nitrogens with one attached hydrogen (secondary N) is 2. The van der Waals surface area contributed by atoms with E-state index < -0.39 is 46.3 Å². The second-order valence-corrected chi connectivity index (χ2v) is 9.05. The second-order valence-electron chi connectivity index (χ2n) is 7.64. The number of carboxylic acids is 3. The Hall–Kier alpha value is -4.84. The largest absolute Gasteiger partial charge is 0.507 e. The first-order valence-electron chi connectivity index (χ1n) is 10.5. The highest BCUT2D eigenvalue weighted by molar-refractivity contribution is 8.00. The van der Waals surface area contributed by atoms with Gasteiger partial charge in [0, 0.05) is 16.3 Å². The van der Waals surface area contributed by atoms with Crippen molar-refractivity contribution in [2.45, 2.75) is 17.1 Å². The van der Waals surface area contributed by atoms with E-state index in [4.69, 9.17) is 10.2 Å². The number of phenols is 1. The standard InChI is InChI=1S/C25H20N2O9S/c1-12(21(29)26-15-6-8-20(28)19(11-15)25(35)36)37-16-4-2-3-14(10-16)27-22(30)17-7-5-13(23(31)32)9-18(17)24(33)34/h2-12,28H,1H3,(H,26,29)(H,27,30)(H,31,32)(H,33,34)(H,35,36). The molecule has 6 N–H and O–H groups in total. The molecule has 0 heterocycles. The maximum atomic E-state index is 12.7. The smallest absolute Gasteiger partial charge is 0.339 e. The maximum absolute atomic E-state index is 12.7. The van der Waals surface area contributed by atoms with Crippen LogP contribution in [0.15, 0.2) is 65.6 Å². The summed E-state index contributed by atoms with van der Waals surface area (Å²) in [6.07, 6.45) is 0. The molecule has 0 saturated carbocycles. The second kappa shape index (κ2) is 11.3. The predicted molar refractivity (Wildman–Crippen MR) is 134 cm³/mol. The molecule has 3 aromatic rings. The SMILES string of the molecule is CC(Sc1cccc(NC(=O)c2ccc(C(=O)O)cc2C(=O)O)c1)C(=O)Nc1ccc(O)c(C(=O)O)c1. The van der Waals surface area contributed by atoms with Crippen molar-refractivity contribution >= 4 is 52.9 Å². The molecule has 0 fully saturated rings. The van der Waals surface area contributed by atoms with E-state index in [1.807, 2.05) is 0 Å². The first kappa shape index (κ1) is 26.8. The fourth-order valence-electron chi connectivity index (χ4n) is 3.18. The van der Waals surface area contributed by atoms with Crippen LogP contribution in [0.4, 0.5) is 11.4 Å². The summed E-state index contributed by atoms with van der Waals surface area (Å²) in [5.41, 5.74) is -0.814. The van der Waals surface area contributed by atoms with Gasteiger partial charge in [-0.25, -0.2) is 14.4 Å². The van der Waals surface area contributed by atoms with E-state index in [9.17, 15) is 34.2 Å². The minimum Gasteiger partial charge on any atom is -0.507 e. The maximum Gasteiger partial charge on any atom is 0.339 e. The Kier molecular flexibility index (Phi) is 8.15. The van der Waals surface area contributed by atoms with Crippen LogP contribution in [0.2, 0.25) is 0 Å². The van der Waals surface area contributed by atoms with E-state index in [1.54, 1.807) is 31.2 Å². The lowest BCUT2D eigenvalue weighted by atomic mass is 10.0. The molecule has 0 aliphatic heterocycles. The molecule has 3 aromatic carbocycles. The molecular formula is C25H20N2O9S. The highest BCUT2D eigenvalue weighted by Crippen LogP contribution is 2.28. The molecule has 0 aliphatic carbocycles. The van der Waals surface area contributed by atoms with Crippen LogP contribution in [-0.4, -0.2) is 55.4 Å². The highest BCUT2D eigenvalue weighted by atomic mass is 32.2. The van der Waals surface area contributed by atoms with Gasteiger partial charge < -0.3 is 31.1 Å². The van der Waals surface area contributed by atoms with Crippen molar-refractivity contribution in [3.63, 3.8) is 0 Å². The third-order valence-electron chi connectivity index (χ3n) is 5.01. The van der Waals surface area contributed by atoms with Crippen LogP contribution < -0.4 is 10.6 Å². The quantitative estimate of drug-likeness (QED) is 0.177. The molecule has 0 radical (unpaired) electrons. The topological polar surface area (TPSA) is 190 Å². The molecule has 2 amide bonds. The average Bonchev–Trinajstić information content (AvgIpc) is 2.84. The minimum absolute atomic E-state index is 0.191. The summed E-state index contributed by atoms with van der Waals surface area (Å²) in [6, 6.07) is 13.2. The van der Waals surface area contributed by atoms with Crippen molar-refractivity contribution < 1.29 is 44.4 Å². The first-order valence-corrected chi connectivity index (χ1v) is 11.4. The van der Waals surface area contributed by atoms with Crippen LogP contribution in [0, 0.1) is 0 Å². The van der Waals surface area contributed by atoms with E-state index in [1.165, 1.54) is 6.07 Å². The summed E-state index contributed by atoms with van der Waals surface area (Å²) >= 11 is 1.15. The molecular weight excluding hydrogens is 504 g/mol.